The van der Waals surface area contributed by atoms with Crippen LogP contribution in [0, 0.1) is 11.3 Å². The maximum Gasteiger partial charge on any atom is 0.193 e. The van der Waals surface area contributed by atoms with E-state index in [1.165, 1.54) is 0 Å². The molecular weight excluding hydrogens is 142 g/mol. The lowest BCUT2D eigenvalue weighted by Crippen LogP contribution is -2.18. The van der Waals surface area contributed by atoms with Gasteiger partial charge >= 0.3 is 0 Å². The van der Waals surface area contributed by atoms with Crippen molar-refractivity contribution in [1.82, 2.24) is 0 Å². The van der Waals surface area contributed by atoms with Crippen molar-refractivity contribution in [2.45, 2.75) is 20.1 Å². The third kappa shape index (κ3) is 3.76. The Labute approximate surface area is 67.2 Å². The number of nitrogens with zero attached hydrogens (tertiary/aromatic N) is 1. The third-order valence-electron chi connectivity index (χ3n) is 1.06. The van der Waals surface area contributed by atoms with Crippen molar-refractivity contribution in [2.24, 2.45) is 0 Å². The van der Waals surface area contributed by atoms with Crippen LogP contribution in [0.1, 0.15) is 13.8 Å². The Bertz CT molecular complexity index is 154. The van der Waals surface area contributed by atoms with Crippen LogP contribution in [0.15, 0.2) is 12.2 Å². The molecule has 0 heterocycles. The van der Waals surface area contributed by atoms with Gasteiger partial charge in [0.25, 0.3) is 0 Å². The van der Waals surface area contributed by atoms with Crippen LogP contribution in [0.3, 0.4) is 0 Å². The summed E-state index contributed by atoms with van der Waals surface area (Å²) in [4.78, 5) is 0. The molecule has 62 valence electrons. The second-order valence-electron chi connectivity index (χ2n) is 1.88. The minimum atomic E-state index is -0.560. The van der Waals surface area contributed by atoms with Gasteiger partial charge in [-0.25, -0.2) is 0 Å². The number of nitriles is 1. The second kappa shape index (κ2) is 5.90. The molecule has 0 amide bonds. The zero-order chi connectivity index (χ0) is 8.69. The highest BCUT2D eigenvalue weighted by Gasteiger charge is 2.10. The molecule has 0 rings (SSSR count). The lowest BCUT2D eigenvalue weighted by Gasteiger charge is -2.14. The molecule has 3 nitrogen and oxygen atoms in total. The van der Waals surface area contributed by atoms with Gasteiger partial charge in [-0.15, -0.1) is 0 Å². The highest BCUT2D eigenvalue weighted by molar-refractivity contribution is 5.18. The van der Waals surface area contributed by atoms with Gasteiger partial charge in [0, 0.05) is 13.2 Å². The Morgan fingerprint density at radius 1 is 1.45 bits per heavy atom. The molecule has 0 aromatic carbocycles. The molecule has 0 saturated carbocycles. The quantitative estimate of drug-likeness (QED) is 0.446. The van der Waals surface area contributed by atoms with E-state index in [0.29, 0.717) is 18.8 Å². The van der Waals surface area contributed by atoms with E-state index >= 15 is 0 Å². The highest BCUT2D eigenvalue weighted by atomic mass is 16.7. The van der Waals surface area contributed by atoms with Crippen molar-refractivity contribution in [3.63, 3.8) is 0 Å². The summed E-state index contributed by atoms with van der Waals surface area (Å²) in [6.45, 7) is 8.23. The van der Waals surface area contributed by atoms with Gasteiger partial charge < -0.3 is 9.47 Å². The van der Waals surface area contributed by atoms with Gasteiger partial charge in [0.15, 0.2) is 6.29 Å². The number of ether oxygens (including phenoxy) is 2. The van der Waals surface area contributed by atoms with E-state index in [4.69, 9.17) is 14.7 Å². The van der Waals surface area contributed by atoms with Crippen molar-refractivity contribution in [1.29, 1.82) is 5.26 Å². The molecule has 0 saturated heterocycles. The minimum absolute atomic E-state index is 0.314. The number of rotatable bonds is 5. The summed E-state index contributed by atoms with van der Waals surface area (Å²) in [7, 11) is 0. The van der Waals surface area contributed by atoms with Crippen LogP contribution in [-0.4, -0.2) is 19.5 Å². The van der Waals surface area contributed by atoms with Crippen LogP contribution < -0.4 is 0 Å². The van der Waals surface area contributed by atoms with E-state index in [1.807, 2.05) is 19.9 Å². The lowest BCUT2D eigenvalue weighted by atomic mass is 10.3. The fraction of sp³-hybridized carbons (Fsp3) is 0.625. The topological polar surface area (TPSA) is 42.2 Å². The normalized spacial score (nSPS) is 9.64. The molecule has 0 aromatic rings. The standard InChI is InChI=1S/C8H13NO2/c1-4-10-8(11-5-2)7(3)6-9/h8H,3-5H2,1-2H3. The first-order valence-electron chi connectivity index (χ1n) is 3.58. The fourth-order valence-electron chi connectivity index (χ4n) is 0.605. The van der Waals surface area contributed by atoms with Crippen molar-refractivity contribution < 1.29 is 9.47 Å². The molecule has 3 heteroatoms. The molecule has 0 atom stereocenters. The summed E-state index contributed by atoms with van der Waals surface area (Å²) < 4.78 is 10.2. The van der Waals surface area contributed by atoms with Gasteiger partial charge in [0.05, 0.1) is 11.6 Å². The lowest BCUT2D eigenvalue weighted by molar-refractivity contribution is -0.108. The first kappa shape index (κ1) is 10.2. The van der Waals surface area contributed by atoms with Crippen molar-refractivity contribution in [3.8, 4) is 6.07 Å². The van der Waals surface area contributed by atoms with Crippen molar-refractivity contribution in [2.75, 3.05) is 13.2 Å². The first-order valence-corrected chi connectivity index (χ1v) is 3.58. The second-order valence-corrected chi connectivity index (χ2v) is 1.88. The maximum atomic E-state index is 8.45. The summed E-state index contributed by atoms with van der Waals surface area (Å²) in [5.74, 6) is 0. The SMILES string of the molecule is C=C(C#N)C(OCC)OCC. The van der Waals surface area contributed by atoms with E-state index in [-0.39, 0.29) is 0 Å². The fourth-order valence-corrected chi connectivity index (χ4v) is 0.605. The smallest absolute Gasteiger partial charge is 0.193 e. The first-order chi connectivity index (χ1) is 5.26. The monoisotopic (exact) mass is 155 g/mol. The number of hydrogen-bond acceptors (Lipinski definition) is 3. The molecule has 0 fully saturated rings. The zero-order valence-corrected chi connectivity index (χ0v) is 6.96. The molecule has 0 aliphatic rings. The van der Waals surface area contributed by atoms with Crippen molar-refractivity contribution in [3.05, 3.63) is 12.2 Å². The largest absolute Gasteiger partial charge is 0.348 e. The van der Waals surface area contributed by atoms with Crippen LogP contribution >= 0.6 is 0 Å². The van der Waals surface area contributed by atoms with Crippen LogP contribution in [-0.2, 0) is 9.47 Å². The minimum Gasteiger partial charge on any atom is -0.348 e. The van der Waals surface area contributed by atoms with Gasteiger partial charge in [-0.05, 0) is 13.8 Å². The van der Waals surface area contributed by atoms with E-state index in [1.54, 1.807) is 0 Å². The molecule has 0 aliphatic carbocycles. The summed E-state index contributed by atoms with van der Waals surface area (Å²) in [5.41, 5.74) is 0.314. The third-order valence-corrected chi connectivity index (χ3v) is 1.06. The van der Waals surface area contributed by atoms with Gasteiger partial charge in [-0.1, -0.05) is 6.58 Å². The average Bonchev–Trinajstić information content (AvgIpc) is 2.03. The summed E-state index contributed by atoms with van der Waals surface area (Å²) in [6.07, 6.45) is -0.560. The molecule has 0 unspecified atom stereocenters. The number of hydrogen-bond donors (Lipinski definition) is 0. The summed E-state index contributed by atoms with van der Waals surface area (Å²) in [6, 6.07) is 1.89. The summed E-state index contributed by atoms with van der Waals surface area (Å²) in [5, 5.41) is 8.45. The molecule has 0 radical (unpaired) electrons. The molecule has 0 aliphatic heterocycles. The van der Waals surface area contributed by atoms with Gasteiger partial charge in [0.1, 0.15) is 0 Å². The van der Waals surface area contributed by atoms with Gasteiger partial charge in [-0.2, -0.15) is 5.26 Å². The molecule has 0 aromatic heterocycles. The van der Waals surface area contributed by atoms with Crippen LogP contribution in [0.2, 0.25) is 0 Å². The van der Waals surface area contributed by atoms with E-state index < -0.39 is 6.29 Å². The predicted molar refractivity (Wildman–Crippen MR) is 41.8 cm³/mol. The Morgan fingerprint density at radius 3 is 2.18 bits per heavy atom. The molecule has 0 spiro atoms. The van der Waals surface area contributed by atoms with Crippen molar-refractivity contribution >= 4 is 0 Å². The van der Waals surface area contributed by atoms with Gasteiger partial charge in [0.2, 0.25) is 0 Å². The Hall–Kier alpha value is -0.850. The molecule has 0 bridgehead atoms. The Balaban J connectivity index is 3.89. The highest BCUT2D eigenvalue weighted by Crippen LogP contribution is 2.04. The van der Waals surface area contributed by atoms with Crippen LogP contribution in [0.25, 0.3) is 0 Å². The van der Waals surface area contributed by atoms with E-state index in [0.717, 1.165) is 0 Å². The molecular formula is C8H13NO2. The van der Waals surface area contributed by atoms with Crippen LogP contribution in [0.4, 0.5) is 0 Å². The summed E-state index contributed by atoms with van der Waals surface area (Å²) >= 11 is 0. The van der Waals surface area contributed by atoms with E-state index in [2.05, 4.69) is 6.58 Å². The predicted octanol–water partition coefficient (Wildman–Crippen LogP) is 1.47. The van der Waals surface area contributed by atoms with E-state index in [9.17, 15) is 0 Å². The maximum absolute atomic E-state index is 8.45. The Kier molecular flexibility index (Phi) is 5.44. The average molecular weight is 155 g/mol. The Morgan fingerprint density at radius 2 is 1.91 bits per heavy atom. The van der Waals surface area contributed by atoms with Gasteiger partial charge in [-0.3, -0.25) is 0 Å². The molecule has 11 heavy (non-hydrogen) atoms. The molecule has 0 N–H and O–H groups in total. The zero-order valence-electron chi connectivity index (χ0n) is 6.96. The van der Waals surface area contributed by atoms with Crippen LogP contribution in [0.5, 0.6) is 0 Å².